The Kier molecular flexibility index (Phi) is 4.30. The van der Waals surface area contributed by atoms with Gasteiger partial charge in [0.25, 0.3) is 10.0 Å². The highest BCUT2D eigenvalue weighted by Gasteiger charge is 2.19. The maximum Gasteiger partial charge on any atom is 0.263 e. The van der Waals surface area contributed by atoms with Crippen LogP contribution in [0.2, 0.25) is 0 Å². The molecule has 0 radical (unpaired) electrons. The summed E-state index contributed by atoms with van der Waals surface area (Å²) in [6, 6.07) is 10.0. The van der Waals surface area contributed by atoms with Gasteiger partial charge in [-0.25, -0.2) is 12.8 Å². The Bertz CT molecular complexity index is 845. The minimum absolute atomic E-state index is 0.0110. The molecule has 0 saturated heterocycles. The van der Waals surface area contributed by atoms with Gasteiger partial charge in [0.1, 0.15) is 10.7 Å². The lowest BCUT2D eigenvalue weighted by molar-refractivity contribution is 0.598. The Morgan fingerprint density at radius 2 is 1.95 bits per heavy atom. The molecule has 0 unspecified atom stereocenters. The molecule has 2 aromatic carbocycles. The van der Waals surface area contributed by atoms with E-state index < -0.39 is 15.8 Å². The van der Waals surface area contributed by atoms with E-state index >= 15 is 0 Å². The molecule has 7 heteroatoms. The molecule has 0 bridgehead atoms. The van der Waals surface area contributed by atoms with E-state index in [1.165, 1.54) is 18.2 Å². The van der Waals surface area contributed by atoms with E-state index in [9.17, 15) is 12.8 Å². The molecule has 0 aromatic heterocycles. The number of anilines is 1. The van der Waals surface area contributed by atoms with Crippen molar-refractivity contribution in [2.75, 3.05) is 4.72 Å². The largest absolute Gasteiger partial charge is 0.277 e. The molecule has 0 saturated carbocycles. The van der Waals surface area contributed by atoms with Crippen LogP contribution in [0.25, 0.3) is 0 Å². The molecule has 0 fully saturated rings. The summed E-state index contributed by atoms with van der Waals surface area (Å²) in [4.78, 5) is 0.0110. The van der Waals surface area contributed by atoms with Crippen molar-refractivity contribution in [3.05, 3.63) is 57.8 Å². The zero-order chi connectivity index (χ0) is 15.6. The maximum atomic E-state index is 13.8. The maximum absolute atomic E-state index is 13.8. The van der Waals surface area contributed by atoms with E-state index in [1.807, 2.05) is 6.92 Å². The standard InChI is InChI=1S/C14H10BrFN2O2S/c1-9-2-5-14(11(15)6-9)21(19,20)18-13-4-3-10(8-17)7-12(13)16/h2-7,18H,1H3. The predicted molar refractivity (Wildman–Crippen MR) is 80.8 cm³/mol. The van der Waals surface area contributed by atoms with Gasteiger partial charge in [0.15, 0.2) is 0 Å². The van der Waals surface area contributed by atoms with Crippen LogP contribution in [-0.4, -0.2) is 8.42 Å². The summed E-state index contributed by atoms with van der Waals surface area (Å²) in [5.74, 6) is -0.805. The summed E-state index contributed by atoms with van der Waals surface area (Å²) in [5.41, 5.74) is 0.804. The molecule has 0 aliphatic rings. The van der Waals surface area contributed by atoms with Crippen LogP contribution >= 0.6 is 15.9 Å². The number of hydrogen-bond acceptors (Lipinski definition) is 3. The SMILES string of the molecule is Cc1ccc(S(=O)(=O)Nc2ccc(C#N)cc2F)c(Br)c1. The van der Waals surface area contributed by atoms with Gasteiger partial charge in [-0.15, -0.1) is 0 Å². The quantitative estimate of drug-likeness (QED) is 0.899. The van der Waals surface area contributed by atoms with Gasteiger partial charge in [-0.2, -0.15) is 5.26 Å². The molecule has 1 N–H and O–H groups in total. The Morgan fingerprint density at radius 1 is 1.24 bits per heavy atom. The second-order valence-electron chi connectivity index (χ2n) is 4.35. The highest BCUT2D eigenvalue weighted by atomic mass is 79.9. The van der Waals surface area contributed by atoms with E-state index in [2.05, 4.69) is 20.7 Å². The first-order valence-corrected chi connectivity index (χ1v) is 8.10. The van der Waals surface area contributed by atoms with Crippen LogP contribution in [0.5, 0.6) is 0 Å². The molecule has 0 heterocycles. The average Bonchev–Trinajstić information content (AvgIpc) is 2.40. The van der Waals surface area contributed by atoms with Gasteiger partial charge in [-0.1, -0.05) is 6.07 Å². The molecular formula is C14H10BrFN2O2S. The van der Waals surface area contributed by atoms with E-state index in [1.54, 1.807) is 18.2 Å². The summed E-state index contributed by atoms with van der Waals surface area (Å²) in [5, 5.41) is 8.66. The summed E-state index contributed by atoms with van der Waals surface area (Å²) >= 11 is 3.18. The Morgan fingerprint density at radius 3 is 2.52 bits per heavy atom. The molecule has 2 aromatic rings. The number of aryl methyl sites for hydroxylation is 1. The summed E-state index contributed by atoms with van der Waals surface area (Å²) in [6.45, 7) is 1.83. The molecular weight excluding hydrogens is 359 g/mol. The summed E-state index contributed by atoms with van der Waals surface area (Å²) in [7, 11) is -3.92. The minimum atomic E-state index is -3.92. The number of hydrogen-bond donors (Lipinski definition) is 1. The molecule has 0 aliphatic heterocycles. The number of nitriles is 1. The molecule has 0 atom stereocenters. The van der Waals surface area contributed by atoms with Crippen LogP contribution in [-0.2, 0) is 10.0 Å². The van der Waals surface area contributed by atoms with Crippen molar-refractivity contribution in [2.24, 2.45) is 0 Å². The van der Waals surface area contributed by atoms with Crippen LogP contribution in [0.15, 0.2) is 45.8 Å². The van der Waals surface area contributed by atoms with E-state index in [4.69, 9.17) is 5.26 Å². The van der Waals surface area contributed by atoms with Crippen LogP contribution in [0.3, 0.4) is 0 Å². The Hall–Kier alpha value is -1.91. The van der Waals surface area contributed by atoms with Crippen molar-refractivity contribution in [2.45, 2.75) is 11.8 Å². The number of benzene rings is 2. The van der Waals surface area contributed by atoms with Crippen molar-refractivity contribution in [1.29, 1.82) is 5.26 Å². The third-order valence-electron chi connectivity index (χ3n) is 2.72. The van der Waals surface area contributed by atoms with Crippen LogP contribution in [0, 0.1) is 24.1 Å². The van der Waals surface area contributed by atoms with Crippen molar-refractivity contribution in [3.8, 4) is 6.07 Å². The number of sulfonamides is 1. The average molecular weight is 369 g/mol. The molecule has 108 valence electrons. The van der Waals surface area contributed by atoms with Gasteiger partial charge in [0, 0.05) is 4.47 Å². The van der Waals surface area contributed by atoms with Crippen LogP contribution in [0.4, 0.5) is 10.1 Å². The van der Waals surface area contributed by atoms with E-state index in [0.717, 1.165) is 11.6 Å². The van der Waals surface area contributed by atoms with Gasteiger partial charge >= 0.3 is 0 Å². The second-order valence-corrected chi connectivity index (χ2v) is 6.85. The topological polar surface area (TPSA) is 70.0 Å². The zero-order valence-corrected chi connectivity index (χ0v) is 13.3. The highest BCUT2D eigenvalue weighted by Crippen LogP contribution is 2.26. The second kappa shape index (κ2) is 5.84. The molecule has 0 amide bonds. The highest BCUT2D eigenvalue weighted by molar-refractivity contribution is 9.10. The summed E-state index contributed by atoms with van der Waals surface area (Å²) in [6.07, 6.45) is 0. The lowest BCUT2D eigenvalue weighted by Crippen LogP contribution is -2.14. The summed E-state index contributed by atoms with van der Waals surface area (Å²) < 4.78 is 40.9. The van der Waals surface area contributed by atoms with Crippen molar-refractivity contribution in [3.63, 3.8) is 0 Å². The monoisotopic (exact) mass is 368 g/mol. The lowest BCUT2D eigenvalue weighted by atomic mass is 10.2. The van der Waals surface area contributed by atoms with E-state index in [-0.39, 0.29) is 16.1 Å². The number of nitrogens with zero attached hydrogens (tertiary/aromatic N) is 1. The number of halogens is 2. The van der Waals surface area contributed by atoms with Crippen molar-refractivity contribution >= 4 is 31.6 Å². The predicted octanol–water partition coefficient (Wildman–Crippen LogP) is 3.57. The normalized spacial score (nSPS) is 11.0. The molecule has 4 nitrogen and oxygen atoms in total. The van der Waals surface area contributed by atoms with Crippen molar-refractivity contribution in [1.82, 2.24) is 0 Å². The van der Waals surface area contributed by atoms with Crippen LogP contribution < -0.4 is 4.72 Å². The van der Waals surface area contributed by atoms with Crippen LogP contribution in [0.1, 0.15) is 11.1 Å². The van der Waals surface area contributed by atoms with Gasteiger partial charge < -0.3 is 0 Å². The zero-order valence-electron chi connectivity index (χ0n) is 10.9. The fourth-order valence-electron chi connectivity index (χ4n) is 1.69. The van der Waals surface area contributed by atoms with Gasteiger partial charge in [-0.3, -0.25) is 4.72 Å². The number of nitrogens with one attached hydrogen (secondary N) is 1. The molecule has 2 rings (SSSR count). The Balaban J connectivity index is 2.40. The van der Waals surface area contributed by atoms with Crippen molar-refractivity contribution < 1.29 is 12.8 Å². The molecule has 0 spiro atoms. The first kappa shape index (κ1) is 15.5. The molecule has 0 aliphatic carbocycles. The lowest BCUT2D eigenvalue weighted by Gasteiger charge is -2.11. The number of rotatable bonds is 3. The van der Waals surface area contributed by atoms with E-state index in [0.29, 0.717) is 4.47 Å². The minimum Gasteiger partial charge on any atom is -0.277 e. The third-order valence-corrected chi connectivity index (χ3v) is 5.06. The van der Waals surface area contributed by atoms with Gasteiger partial charge in [-0.05, 0) is 58.7 Å². The Labute approximate surface area is 130 Å². The van der Waals surface area contributed by atoms with Gasteiger partial charge in [0.05, 0.1) is 17.3 Å². The fourth-order valence-corrected chi connectivity index (χ4v) is 3.95. The fraction of sp³-hybridized carbons (Fsp3) is 0.0714. The van der Waals surface area contributed by atoms with Gasteiger partial charge in [0.2, 0.25) is 0 Å². The molecule has 21 heavy (non-hydrogen) atoms. The first-order valence-electron chi connectivity index (χ1n) is 5.82. The first-order chi connectivity index (χ1) is 9.83. The smallest absolute Gasteiger partial charge is 0.263 e. The third kappa shape index (κ3) is 3.40.